The molecule has 0 spiro atoms. The third kappa shape index (κ3) is 8.58. The van der Waals surface area contributed by atoms with Crippen molar-refractivity contribution in [3.05, 3.63) is 29.8 Å². The van der Waals surface area contributed by atoms with Crippen LogP contribution in [0.1, 0.15) is 36.5 Å². The number of guanidine groups is 1. The van der Waals surface area contributed by atoms with E-state index in [9.17, 15) is 9.90 Å². The molecule has 1 aliphatic rings. The molecule has 156 valence electrons. The van der Waals surface area contributed by atoms with Crippen molar-refractivity contribution in [1.29, 1.82) is 0 Å². The molecule has 1 unspecified atom stereocenters. The molecule has 1 atom stereocenters. The highest BCUT2D eigenvalue weighted by molar-refractivity contribution is 5.94. The number of aromatic hydroxyl groups is 1. The van der Waals surface area contributed by atoms with Crippen molar-refractivity contribution in [3.63, 3.8) is 0 Å². The Morgan fingerprint density at radius 2 is 2.04 bits per heavy atom. The zero-order valence-corrected chi connectivity index (χ0v) is 16.6. The molecule has 1 heterocycles. The van der Waals surface area contributed by atoms with Gasteiger partial charge in [0.05, 0.1) is 12.7 Å². The molecule has 0 radical (unpaired) electrons. The van der Waals surface area contributed by atoms with Gasteiger partial charge >= 0.3 is 0 Å². The SMILES string of the molecule is CCNC(=NCCCOCC1CCCO1)NCCNC(=O)c1ccc(O)cc1. The Morgan fingerprint density at radius 1 is 1.25 bits per heavy atom. The summed E-state index contributed by atoms with van der Waals surface area (Å²) >= 11 is 0. The molecule has 1 amide bonds. The molecule has 1 aliphatic heterocycles. The maximum Gasteiger partial charge on any atom is 0.251 e. The lowest BCUT2D eigenvalue weighted by Gasteiger charge is -2.12. The minimum atomic E-state index is -0.174. The van der Waals surface area contributed by atoms with E-state index in [0.717, 1.165) is 38.4 Å². The van der Waals surface area contributed by atoms with Gasteiger partial charge in [-0.05, 0) is 50.5 Å². The summed E-state index contributed by atoms with van der Waals surface area (Å²) in [6, 6.07) is 6.16. The van der Waals surface area contributed by atoms with Crippen molar-refractivity contribution in [2.75, 3.05) is 46.0 Å². The largest absolute Gasteiger partial charge is 0.508 e. The molecule has 8 heteroatoms. The second-order valence-electron chi connectivity index (χ2n) is 6.55. The van der Waals surface area contributed by atoms with E-state index < -0.39 is 0 Å². The van der Waals surface area contributed by atoms with Crippen LogP contribution in [0.4, 0.5) is 0 Å². The van der Waals surface area contributed by atoms with E-state index in [1.54, 1.807) is 12.1 Å². The second-order valence-corrected chi connectivity index (χ2v) is 6.55. The van der Waals surface area contributed by atoms with Gasteiger partial charge in [0, 0.05) is 45.0 Å². The lowest BCUT2D eigenvalue weighted by atomic mass is 10.2. The third-order valence-electron chi connectivity index (χ3n) is 4.22. The highest BCUT2D eigenvalue weighted by atomic mass is 16.5. The fourth-order valence-electron chi connectivity index (χ4n) is 2.76. The Labute approximate surface area is 166 Å². The van der Waals surface area contributed by atoms with Gasteiger partial charge in [-0.3, -0.25) is 9.79 Å². The Bertz CT molecular complexity index is 601. The molecule has 8 nitrogen and oxygen atoms in total. The molecule has 0 aromatic heterocycles. The number of hydrogen-bond donors (Lipinski definition) is 4. The van der Waals surface area contributed by atoms with Crippen LogP contribution in [-0.4, -0.2) is 69.1 Å². The minimum Gasteiger partial charge on any atom is -0.508 e. The highest BCUT2D eigenvalue weighted by Gasteiger charge is 2.14. The Kier molecular flexibility index (Phi) is 10.2. The van der Waals surface area contributed by atoms with E-state index in [2.05, 4.69) is 20.9 Å². The van der Waals surface area contributed by atoms with Gasteiger partial charge in [0.2, 0.25) is 0 Å². The van der Waals surface area contributed by atoms with Crippen molar-refractivity contribution in [1.82, 2.24) is 16.0 Å². The van der Waals surface area contributed by atoms with Crippen LogP contribution in [0.15, 0.2) is 29.3 Å². The number of carbonyl (C=O) groups is 1. The van der Waals surface area contributed by atoms with E-state index in [1.165, 1.54) is 12.1 Å². The normalized spacial score (nSPS) is 16.8. The summed E-state index contributed by atoms with van der Waals surface area (Å²) in [4.78, 5) is 16.5. The Hall–Kier alpha value is -2.32. The van der Waals surface area contributed by atoms with Crippen LogP contribution in [-0.2, 0) is 9.47 Å². The number of hydrogen-bond acceptors (Lipinski definition) is 5. The topological polar surface area (TPSA) is 104 Å². The third-order valence-corrected chi connectivity index (χ3v) is 4.22. The quantitative estimate of drug-likeness (QED) is 0.257. The summed E-state index contributed by atoms with van der Waals surface area (Å²) in [6.07, 6.45) is 3.33. The summed E-state index contributed by atoms with van der Waals surface area (Å²) < 4.78 is 11.2. The number of benzene rings is 1. The summed E-state index contributed by atoms with van der Waals surface area (Å²) in [5, 5.41) is 18.5. The van der Waals surface area contributed by atoms with Crippen molar-refractivity contribution in [2.45, 2.75) is 32.3 Å². The van der Waals surface area contributed by atoms with Crippen LogP contribution in [0, 0.1) is 0 Å². The average molecular weight is 393 g/mol. The Balaban J connectivity index is 1.58. The number of phenolic OH excluding ortho intramolecular Hbond substituents is 1. The molecule has 28 heavy (non-hydrogen) atoms. The van der Waals surface area contributed by atoms with E-state index in [0.29, 0.717) is 38.4 Å². The standard InChI is InChI=1S/C20H32N4O4/c1-2-21-20(23-10-4-13-27-15-18-5-3-14-28-18)24-12-11-22-19(26)16-6-8-17(25)9-7-16/h6-9,18,25H,2-5,10-15H2,1H3,(H,22,26)(H2,21,23,24). The van der Waals surface area contributed by atoms with Crippen LogP contribution >= 0.6 is 0 Å². The van der Waals surface area contributed by atoms with E-state index in [4.69, 9.17) is 9.47 Å². The monoisotopic (exact) mass is 392 g/mol. The van der Waals surface area contributed by atoms with Gasteiger partial charge in [-0.2, -0.15) is 0 Å². The molecule has 1 saturated heterocycles. The maximum atomic E-state index is 12.0. The fourth-order valence-corrected chi connectivity index (χ4v) is 2.76. The number of carbonyl (C=O) groups excluding carboxylic acids is 1. The number of ether oxygens (including phenoxy) is 2. The van der Waals surface area contributed by atoms with Crippen LogP contribution in [0.5, 0.6) is 5.75 Å². The Morgan fingerprint density at radius 3 is 2.75 bits per heavy atom. The predicted molar refractivity (Wildman–Crippen MR) is 109 cm³/mol. The zero-order chi connectivity index (χ0) is 20.0. The highest BCUT2D eigenvalue weighted by Crippen LogP contribution is 2.12. The second kappa shape index (κ2) is 13.0. The molecule has 0 aliphatic carbocycles. The van der Waals surface area contributed by atoms with E-state index in [-0.39, 0.29) is 17.8 Å². The molecule has 1 fully saturated rings. The number of rotatable bonds is 11. The summed E-state index contributed by atoms with van der Waals surface area (Å²) in [5.74, 6) is 0.689. The van der Waals surface area contributed by atoms with Gasteiger partial charge in [0.1, 0.15) is 5.75 Å². The fraction of sp³-hybridized carbons (Fsp3) is 0.600. The van der Waals surface area contributed by atoms with Gasteiger partial charge in [-0.25, -0.2) is 0 Å². The van der Waals surface area contributed by atoms with Crippen molar-refractivity contribution in [3.8, 4) is 5.75 Å². The molecule has 1 aromatic carbocycles. The van der Waals surface area contributed by atoms with Gasteiger partial charge in [0.15, 0.2) is 5.96 Å². The van der Waals surface area contributed by atoms with Crippen LogP contribution in [0.2, 0.25) is 0 Å². The first-order valence-electron chi connectivity index (χ1n) is 9.97. The minimum absolute atomic E-state index is 0.141. The molecular formula is C20H32N4O4. The van der Waals surface area contributed by atoms with Gasteiger partial charge in [-0.15, -0.1) is 0 Å². The summed E-state index contributed by atoms with van der Waals surface area (Å²) in [7, 11) is 0. The van der Waals surface area contributed by atoms with Crippen LogP contribution < -0.4 is 16.0 Å². The summed E-state index contributed by atoms with van der Waals surface area (Å²) in [6.45, 7) is 6.66. The first-order chi connectivity index (χ1) is 13.7. The van der Waals surface area contributed by atoms with Crippen molar-refractivity contribution in [2.24, 2.45) is 4.99 Å². The van der Waals surface area contributed by atoms with Gasteiger partial charge < -0.3 is 30.5 Å². The van der Waals surface area contributed by atoms with E-state index >= 15 is 0 Å². The number of nitrogens with one attached hydrogen (secondary N) is 3. The van der Waals surface area contributed by atoms with Crippen LogP contribution in [0.25, 0.3) is 0 Å². The maximum absolute atomic E-state index is 12.0. The predicted octanol–water partition coefficient (Wildman–Crippen LogP) is 1.26. The molecule has 1 aromatic rings. The lowest BCUT2D eigenvalue weighted by molar-refractivity contribution is 0.0171. The molecule has 2 rings (SSSR count). The lowest BCUT2D eigenvalue weighted by Crippen LogP contribution is -2.41. The smallest absolute Gasteiger partial charge is 0.251 e. The first kappa shape index (κ1) is 22.0. The molecular weight excluding hydrogens is 360 g/mol. The van der Waals surface area contributed by atoms with E-state index in [1.807, 2.05) is 6.92 Å². The number of phenols is 1. The number of amides is 1. The van der Waals surface area contributed by atoms with Crippen molar-refractivity contribution >= 4 is 11.9 Å². The molecule has 0 saturated carbocycles. The van der Waals surface area contributed by atoms with Gasteiger partial charge in [-0.1, -0.05) is 0 Å². The zero-order valence-electron chi connectivity index (χ0n) is 16.6. The average Bonchev–Trinajstić information content (AvgIpc) is 3.21. The number of nitrogens with zero attached hydrogens (tertiary/aromatic N) is 1. The van der Waals surface area contributed by atoms with Crippen LogP contribution in [0.3, 0.4) is 0 Å². The first-order valence-corrected chi connectivity index (χ1v) is 9.97. The molecule has 4 N–H and O–H groups in total. The van der Waals surface area contributed by atoms with Gasteiger partial charge in [0.25, 0.3) is 5.91 Å². The summed E-state index contributed by atoms with van der Waals surface area (Å²) in [5.41, 5.74) is 0.515. The molecule has 0 bridgehead atoms. The number of aliphatic imine (C=N–C) groups is 1. The van der Waals surface area contributed by atoms with Crippen molar-refractivity contribution < 1.29 is 19.4 Å².